The maximum absolute atomic E-state index is 12.6. The van der Waals surface area contributed by atoms with Crippen molar-refractivity contribution in [3.8, 4) is 0 Å². The van der Waals surface area contributed by atoms with Crippen LogP contribution in [0.5, 0.6) is 0 Å². The molecule has 1 aromatic carbocycles. The quantitative estimate of drug-likeness (QED) is 0.761. The van der Waals surface area contributed by atoms with Gasteiger partial charge in [-0.3, -0.25) is 0 Å². The number of hydrogen-bond acceptors (Lipinski definition) is 4. The highest BCUT2D eigenvalue weighted by Crippen LogP contribution is 2.38. The number of hydrogen-bond donors (Lipinski definition) is 0. The highest BCUT2D eigenvalue weighted by molar-refractivity contribution is 8.11. The van der Waals surface area contributed by atoms with Gasteiger partial charge in [0.15, 0.2) is 0 Å². The van der Waals surface area contributed by atoms with Crippen molar-refractivity contribution in [2.45, 2.75) is 11.0 Å². The minimum atomic E-state index is -6.94. The molecule has 0 saturated carbocycles. The second-order valence-corrected chi connectivity index (χ2v) is 7.36. The number of halogens is 7. The second kappa shape index (κ2) is 5.26. The van der Waals surface area contributed by atoms with Gasteiger partial charge in [-0.15, -0.1) is 3.71 Å². The Labute approximate surface area is 119 Å². The first-order chi connectivity index (χ1) is 9.62. The molecule has 0 fully saturated rings. The van der Waals surface area contributed by atoms with E-state index in [1.54, 1.807) is 0 Å². The van der Waals surface area contributed by atoms with Gasteiger partial charge in [-0.2, -0.15) is 43.2 Å². The van der Waals surface area contributed by atoms with Gasteiger partial charge in [0.1, 0.15) is 5.82 Å². The van der Waals surface area contributed by atoms with Crippen molar-refractivity contribution in [2.75, 3.05) is 3.71 Å². The SMILES string of the molecule is O=S(=O)(N(c1ccc(F)cc1)S(=O)(=O)C(F)(F)F)C(F)(F)F. The molecule has 5 nitrogen and oxygen atoms in total. The third-order valence-electron chi connectivity index (χ3n) is 2.06. The Bertz CT molecular complexity index is 705. The molecule has 0 N–H and O–H groups in total. The topological polar surface area (TPSA) is 71.5 Å². The van der Waals surface area contributed by atoms with E-state index in [2.05, 4.69) is 0 Å². The first kappa shape index (κ1) is 18.5. The molecule has 1 rings (SSSR count). The summed E-state index contributed by atoms with van der Waals surface area (Å²) in [6.45, 7) is 0. The van der Waals surface area contributed by atoms with Gasteiger partial charge in [0.2, 0.25) is 0 Å². The van der Waals surface area contributed by atoms with E-state index in [9.17, 15) is 47.6 Å². The van der Waals surface area contributed by atoms with Crippen LogP contribution in [0.1, 0.15) is 0 Å². The van der Waals surface area contributed by atoms with Gasteiger partial charge in [0.05, 0.1) is 5.69 Å². The number of rotatable bonds is 3. The fraction of sp³-hybridized carbons (Fsp3) is 0.250. The van der Waals surface area contributed by atoms with Crippen molar-refractivity contribution in [2.24, 2.45) is 0 Å². The summed E-state index contributed by atoms with van der Waals surface area (Å²) in [5, 5.41) is 0. The maximum atomic E-state index is 12.6. The summed E-state index contributed by atoms with van der Waals surface area (Å²) in [6, 6.07) is 0.865. The lowest BCUT2D eigenvalue weighted by molar-refractivity contribution is -0.0462. The highest BCUT2D eigenvalue weighted by atomic mass is 32.3. The van der Waals surface area contributed by atoms with Crippen molar-refractivity contribution >= 4 is 25.7 Å². The summed E-state index contributed by atoms with van der Waals surface area (Å²) in [6.07, 6.45) is 0. The molecule has 0 radical (unpaired) electrons. The summed E-state index contributed by atoms with van der Waals surface area (Å²) < 4.78 is 130. The van der Waals surface area contributed by atoms with E-state index in [1.165, 1.54) is 0 Å². The molecule has 0 aliphatic carbocycles. The van der Waals surface area contributed by atoms with Crippen molar-refractivity contribution < 1.29 is 47.6 Å². The molecule has 22 heavy (non-hydrogen) atoms. The van der Waals surface area contributed by atoms with Crippen molar-refractivity contribution in [3.63, 3.8) is 0 Å². The zero-order valence-corrected chi connectivity index (χ0v) is 11.5. The Balaban J connectivity index is 3.73. The van der Waals surface area contributed by atoms with Crippen LogP contribution in [-0.4, -0.2) is 27.9 Å². The highest BCUT2D eigenvalue weighted by Gasteiger charge is 2.61. The number of sulfonamides is 2. The maximum Gasteiger partial charge on any atom is 0.517 e. The average molecular weight is 375 g/mol. The Kier molecular flexibility index (Phi) is 4.42. The van der Waals surface area contributed by atoms with Gasteiger partial charge in [-0.05, 0) is 24.3 Å². The molecular formula is C8H4F7NO4S2. The Morgan fingerprint density at radius 1 is 0.727 bits per heavy atom. The van der Waals surface area contributed by atoms with Crippen molar-refractivity contribution in [1.82, 2.24) is 0 Å². The summed E-state index contributed by atoms with van der Waals surface area (Å²) in [5.74, 6) is -1.14. The number of benzene rings is 1. The summed E-state index contributed by atoms with van der Waals surface area (Å²) >= 11 is 0. The third kappa shape index (κ3) is 3.11. The lowest BCUT2D eigenvalue weighted by Gasteiger charge is -2.25. The van der Waals surface area contributed by atoms with Crippen LogP contribution < -0.4 is 3.71 Å². The fourth-order valence-electron chi connectivity index (χ4n) is 1.16. The van der Waals surface area contributed by atoms with E-state index in [0.717, 1.165) is 0 Å². The second-order valence-electron chi connectivity index (χ2n) is 3.58. The minimum absolute atomic E-state index is 0.141. The molecule has 0 spiro atoms. The third-order valence-corrected chi connectivity index (χ3v) is 5.70. The Hall–Kier alpha value is -1.57. The van der Waals surface area contributed by atoms with Crippen LogP contribution >= 0.6 is 0 Å². The predicted molar refractivity (Wildman–Crippen MR) is 58.8 cm³/mol. The van der Waals surface area contributed by atoms with Crippen LogP contribution in [0.3, 0.4) is 0 Å². The van der Waals surface area contributed by atoms with Gasteiger partial charge in [-0.25, -0.2) is 4.39 Å². The molecule has 0 atom stereocenters. The molecule has 0 saturated heterocycles. The van der Waals surface area contributed by atoms with Crippen molar-refractivity contribution in [3.05, 3.63) is 30.1 Å². The molecule has 0 aliphatic heterocycles. The Morgan fingerprint density at radius 3 is 1.32 bits per heavy atom. The van der Waals surface area contributed by atoms with E-state index in [4.69, 9.17) is 0 Å². The number of alkyl halides is 6. The minimum Gasteiger partial charge on any atom is -0.207 e. The van der Waals surface area contributed by atoms with E-state index in [1.807, 2.05) is 0 Å². The fourth-order valence-corrected chi connectivity index (χ4v) is 3.87. The molecule has 0 aliphatic rings. The first-order valence-corrected chi connectivity index (χ1v) is 7.69. The van der Waals surface area contributed by atoms with E-state index < -0.39 is 46.3 Å². The molecule has 126 valence electrons. The zero-order chi connectivity index (χ0) is 17.6. The van der Waals surface area contributed by atoms with Crippen LogP contribution in [0.2, 0.25) is 0 Å². The molecule has 14 heteroatoms. The standard InChI is InChI=1S/C8H4F7NO4S2/c9-5-1-3-6(4-2-5)16(21(17,18)7(10,11)12)22(19,20)8(13,14)15/h1-4H. The number of anilines is 1. The number of nitrogens with zero attached hydrogens (tertiary/aromatic N) is 1. The molecule has 0 amide bonds. The van der Waals surface area contributed by atoms with Gasteiger partial charge in [-0.1, -0.05) is 0 Å². The summed E-state index contributed by atoms with van der Waals surface area (Å²) in [5.41, 5.74) is -14.2. The smallest absolute Gasteiger partial charge is 0.207 e. The van der Waals surface area contributed by atoms with Crippen LogP contribution in [0, 0.1) is 5.82 Å². The molecule has 0 bridgehead atoms. The van der Waals surface area contributed by atoms with Crippen molar-refractivity contribution in [1.29, 1.82) is 0 Å². The summed E-state index contributed by atoms with van der Waals surface area (Å²) in [7, 11) is -13.9. The first-order valence-electron chi connectivity index (χ1n) is 4.81. The van der Waals surface area contributed by atoms with E-state index in [-0.39, 0.29) is 12.1 Å². The lowest BCUT2D eigenvalue weighted by Crippen LogP contribution is -2.49. The molecular weight excluding hydrogens is 371 g/mol. The molecule has 0 heterocycles. The molecule has 0 unspecified atom stereocenters. The summed E-state index contributed by atoms with van der Waals surface area (Å²) in [4.78, 5) is 0. The van der Waals surface area contributed by atoms with Gasteiger partial charge >= 0.3 is 31.1 Å². The largest absolute Gasteiger partial charge is 0.517 e. The molecule has 0 aromatic heterocycles. The monoisotopic (exact) mass is 375 g/mol. The van der Waals surface area contributed by atoms with Gasteiger partial charge < -0.3 is 0 Å². The van der Waals surface area contributed by atoms with Crippen LogP contribution in [0.4, 0.5) is 36.4 Å². The van der Waals surface area contributed by atoms with E-state index >= 15 is 0 Å². The van der Waals surface area contributed by atoms with Crippen LogP contribution in [-0.2, 0) is 20.0 Å². The predicted octanol–water partition coefficient (Wildman–Crippen LogP) is 2.33. The van der Waals surface area contributed by atoms with Crippen LogP contribution in [0.25, 0.3) is 0 Å². The van der Waals surface area contributed by atoms with Crippen LogP contribution in [0.15, 0.2) is 24.3 Å². The average Bonchev–Trinajstić information content (AvgIpc) is 2.28. The van der Waals surface area contributed by atoms with Gasteiger partial charge in [0, 0.05) is 0 Å². The zero-order valence-electron chi connectivity index (χ0n) is 9.85. The Morgan fingerprint density at radius 2 is 1.05 bits per heavy atom. The van der Waals surface area contributed by atoms with Gasteiger partial charge in [0.25, 0.3) is 0 Å². The van der Waals surface area contributed by atoms with E-state index in [0.29, 0.717) is 12.1 Å². The normalized spacial score (nSPS) is 14.0. The lowest BCUT2D eigenvalue weighted by atomic mass is 10.3. The molecule has 1 aromatic rings.